The van der Waals surface area contributed by atoms with Gasteiger partial charge < -0.3 is 10.3 Å². The summed E-state index contributed by atoms with van der Waals surface area (Å²) in [6.07, 6.45) is 5.48. The molecule has 1 aromatic heterocycles. The van der Waals surface area contributed by atoms with Crippen molar-refractivity contribution in [1.29, 1.82) is 0 Å². The van der Waals surface area contributed by atoms with Gasteiger partial charge in [0.2, 0.25) is 0 Å². The second-order valence-corrected chi connectivity index (χ2v) is 4.41. The molecule has 2 rings (SSSR count). The lowest BCUT2D eigenvalue weighted by atomic mass is 10.1. The Morgan fingerprint density at radius 2 is 2.28 bits per heavy atom. The maximum atomic E-state index is 13.4. The summed E-state index contributed by atoms with van der Waals surface area (Å²) in [4.78, 5) is 7.22. The van der Waals surface area contributed by atoms with Gasteiger partial charge >= 0.3 is 0 Å². The van der Waals surface area contributed by atoms with Crippen LogP contribution in [0.25, 0.3) is 0 Å². The first-order valence-electron chi connectivity index (χ1n) is 6.20. The van der Waals surface area contributed by atoms with E-state index in [1.54, 1.807) is 12.3 Å². The van der Waals surface area contributed by atoms with Crippen molar-refractivity contribution in [3.8, 4) is 0 Å². The molecule has 96 valence electrons. The molecule has 1 aromatic carbocycles. The molecule has 3 nitrogen and oxygen atoms in total. The number of nitrogens with zero attached hydrogens (tertiary/aromatic N) is 1. The topological polar surface area (TPSA) is 40.7 Å². The highest BCUT2D eigenvalue weighted by Gasteiger charge is 2.01. The van der Waals surface area contributed by atoms with Gasteiger partial charge in [-0.2, -0.15) is 0 Å². The summed E-state index contributed by atoms with van der Waals surface area (Å²) >= 11 is 0. The van der Waals surface area contributed by atoms with Crippen LogP contribution in [0.4, 0.5) is 4.39 Å². The van der Waals surface area contributed by atoms with Gasteiger partial charge in [0.1, 0.15) is 11.6 Å². The van der Waals surface area contributed by atoms with Crippen molar-refractivity contribution in [1.82, 2.24) is 15.3 Å². The summed E-state index contributed by atoms with van der Waals surface area (Å²) in [6.45, 7) is 3.40. The first-order chi connectivity index (χ1) is 8.75. The molecule has 4 heteroatoms. The quantitative estimate of drug-likeness (QED) is 0.770. The Bertz CT molecular complexity index is 480. The van der Waals surface area contributed by atoms with E-state index in [9.17, 15) is 4.39 Å². The molecule has 0 fully saturated rings. The van der Waals surface area contributed by atoms with E-state index in [0.29, 0.717) is 6.54 Å². The zero-order valence-corrected chi connectivity index (χ0v) is 10.5. The number of benzene rings is 1. The Hall–Kier alpha value is -1.68. The fraction of sp³-hybridized carbons (Fsp3) is 0.357. The standard InChI is InChI=1S/C14H18FN3/c1-11-4-5-13(15)12(9-11)10-16-6-2-3-14-17-7-8-18-14/h4-5,7-9,16H,2-3,6,10H2,1H3,(H,17,18). The van der Waals surface area contributed by atoms with Gasteiger partial charge in [-0.3, -0.25) is 0 Å². The van der Waals surface area contributed by atoms with Gasteiger partial charge in [-0.25, -0.2) is 9.37 Å². The number of imidazole rings is 1. The fourth-order valence-corrected chi connectivity index (χ4v) is 1.88. The predicted molar refractivity (Wildman–Crippen MR) is 69.8 cm³/mol. The molecule has 0 aliphatic rings. The van der Waals surface area contributed by atoms with E-state index in [4.69, 9.17) is 0 Å². The second kappa shape index (κ2) is 6.31. The van der Waals surface area contributed by atoms with Crippen LogP contribution in [0.3, 0.4) is 0 Å². The number of rotatable bonds is 6. The van der Waals surface area contributed by atoms with E-state index in [2.05, 4.69) is 15.3 Å². The van der Waals surface area contributed by atoms with Gasteiger partial charge in [0, 0.05) is 30.9 Å². The average Bonchev–Trinajstić information content (AvgIpc) is 2.86. The molecule has 0 atom stereocenters. The number of aryl methyl sites for hydroxylation is 2. The molecule has 2 aromatic rings. The lowest BCUT2D eigenvalue weighted by Crippen LogP contribution is -2.16. The number of hydrogen-bond acceptors (Lipinski definition) is 2. The predicted octanol–water partition coefficient (Wildman–Crippen LogP) is 2.58. The summed E-state index contributed by atoms with van der Waals surface area (Å²) in [5, 5.41) is 3.25. The minimum atomic E-state index is -0.140. The largest absolute Gasteiger partial charge is 0.349 e. The van der Waals surface area contributed by atoms with Crippen molar-refractivity contribution < 1.29 is 4.39 Å². The van der Waals surface area contributed by atoms with E-state index in [0.717, 1.165) is 36.3 Å². The molecule has 0 aliphatic carbocycles. The van der Waals surface area contributed by atoms with Crippen molar-refractivity contribution in [2.45, 2.75) is 26.3 Å². The van der Waals surface area contributed by atoms with Crippen LogP contribution in [0.2, 0.25) is 0 Å². The third-order valence-electron chi connectivity index (χ3n) is 2.84. The van der Waals surface area contributed by atoms with Crippen molar-refractivity contribution in [2.24, 2.45) is 0 Å². The molecule has 0 saturated heterocycles. The Balaban J connectivity index is 1.70. The Labute approximate surface area is 106 Å². The van der Waals surface area contributed by atoms with Crippen LogP contribution in [0.5, 0.6) is 0 Å². The number of H-pyrrole nitrogens is 1. The van der Waals surface area contributed by atoms with E-state index < -0.39 is 0 Å². The Kier molecular flexibility index (Phi) is 4.47. The molecule has 0 radical (unpaired) electrons. The maximum absolute atomic E-state index is 13.4. The zero-order valence-electron chi connectivity index (χ0n) is 10.5. The van der Waals surface area contributed by atoms with Gasteiger partial charge in [0.25, 0.3) is 0 Å². The molecule has 1 heterocycles. The Morgan fingerprint density at radius 3 is 3.06 bits per heavy atom. The van der Waals surface area contributed by atoms with Gasteiger partial charge in [0.05, 0.1) is 0 Å². The van der Waals surface area contributed by atoms with Crippen LogP contribution in [-0.2, 0) is 13.0 Å². The third-order valence-corrected chi connectivity index (χ3v) is 2.84. The van der Waals surface area contributed by atoms with Gasteiger partial charge in [-0.1, -0.05) is 17.7 Å². The molecular weight excluding hydrogens is 229 g/mol. The van der Waals surface area contributed by atoms with Crippen LogP contribution in [0.1, 0.15) is 23.4 Å². The number of halogens is 1. The van der Waals surface area contributed by atoms with Crippen molar-refractivity contribution in [3.05, 3.63) is 53.4 Å². The van der Waals surface area contributed by atoms with E-state index in [-0.39, 0.29) is 5.82 Å². The van der Waals surface area contributed by atoms with Crippen molar-refractivity contribution in [2.75, 3.05) is 6.54 Å². The Morgan fingerprint density at radius 1 is 1.39 bits per heavy atom. The fourth-order valence-electron chi connectivity index (χ4n) is 1.88. The summed E-state index contributed by atoms with van der Waals surface area (Å²) in [7, 11) is 0. The molecular formula is C14H18FN3. The van der Waals surface area contributed by atoms with E-state index >= 15 is 0 Å². The number of hydrogen-bond donors (Lipinski definition) is 2. The van der Waals surface area contributed by atoms with Crippen LogP contribution < -0.4 is 5.32 Å². The first kappa shape index (κ1) is 12.8. The monoisotopic (exact) mass is 247 g/mol. The lowest BCUT2D eigenvalue weighted by Gasteiger charge is -2.06. The maximum Gasteiger partial charge on any atom is 0.127 e. The molecule has 0 bridgehead atoms. The van der Waals surface area contributed by atoms with E-state index in [1.165, 1.54) is 6.07 Å². The highest BCUT2D eigenvalue weighted by atomic mass is 19.1. The highest BCUT2D eigenvalue weighted by Crippen LogP contribution is 2.09. The van der Waals surface area contributed by atoms with Crippen molar-refractivity contribution in [3.63, 3.8) is 0 Å². The van der Waals surface area contributed by atoms with Crippen LogP contribution >= 0.6 is 0 Å². The minimum absolute atomic E-state index is 0.140. The van der Waals surface area contributed by atoms with Crippen molar-refractivity contribution >= 4 is 0 Å². The molecule has 18 heavy (non-hydrogen) atoms. The number of nitrogens with one attached hydrogen (secondary N) is 2. The normalized spacial score (nSPS) is 10.8. The highest BCUT2D eigenvalue weighted by molar-refractivity contribution is 5.23. The average molecular weight is 247 g/mol. The third kappa shape index (κ3) is 3.67. The summed E-state index contributed by atoms with van der Waals surface area (Å²) in [6, 6.07) is 5.19. The lowest BCUT2D eigenvalue weighted by molar-refractivity contribution is 0.579. The zero-order chi connectivity index (χ0) is 12.8. The van der Waals surface area contributed by atoms with Crippen LogP contribution in [0, 0.1) is 12.7 Å². The molecule has 0 saturated carbocycles. The SMILES string of the molecule is Cc1ccc(F)c(CNCCCc2ncc[nH]2)c1. The summed E-state index contributed by atoms with van der Waals surface area (Å²) in [5.74, 6) is 0.859. The van der Waals surface area contributed by atoms with Gasteiger partial charge in [0.15, 0.2) is 0 Å². The molecule has 0 amide bonds. The van der Waals surface area contributed by atoms with E-state index in [1.807, 2.05) is 19.2 Å². The molecule has 0 aliphatic heterocycles. The van der Waals surface area contributed by atoms with Crippen LogP contribution in [-0.4, -0.2) is 16.5 Å². The van der Waals surface area contributed by atoms with Gasteiger partial charge in [-0.05, 0) is 26.0 Å². The van der Waals surface area contributed by atoms with Gasteiger partial charge in [-0.15, -0.1) is 0 Å². The summed E-state index contributed by atoms with van der Waals surface area (Å²) in [5.41, 5.74) is 1.82. The molecule has 0 unspecified atom stereocenters. The second-order valence-electron chi connectivity index (χ2n) is 4.41. The minimum Gasteiger partial charge on any atom is -0.349 e. The molecule has 2 N–H and O–H groups in total. The number of aromatic amines is 1. The molecule has 0 spiro atoms. The summed E-state index contributed by atoms with van der Waals surface area (Å²) < 4.78 is 13.4. The smallest absolute Gasteiger partial charge is 0.127 e. The number of aromatic nitrogens is 2. The first-order valence-corrected chi connectivity index (χ1v) is 6.20. The van der Waals surface area contributed by atoms with Crippen LogP contribution in [0.15, 0.2) is 30.6 Å².